The number of anilines is 1. The third kappa shape index (κ3) is 3.59. The first-order chi connectivity index (χ1) is 9.97. The molecule has 2 rings (SSSR count). The highest BCUT2D eigenvalue weighted by Gasteiger charge is 2.18. The minimum atomic E-state index is -0.633. The number of benzene rings is 1. The van der Waals surface area contributed by atoms with Crippen molar-refractivity contribution < 1.29 is 14.1 Å². The van der Waals surface area contributed by atoms with Crippen molar-refractivity contribution in [3.05, 3.63) is 58.0 Å². The second kappa shape index (κ2) is 6.08. The van der Waals surface area contributed by atoms with Gasteiger partial charge in [0.15, 0.2) is 0 Å². The molecule has 1 aromatic heterocycles. The van der Waals surface area contributed by atoms with Gasteiger partial charge in [0.2, 0.25) is 5.91 Å². The van der Waals surface area contributed by atoms with Crippen LogP contribution in [0.4, 0.5) is 11.4 Å². The lowest BCUT2D eigenvalue weighted by Crippen LogP contribution is -2.19. The van der Waals surface area contributed by atoms with Crippen LogP contribution in [0.3, 0.4) is 0 Å². The molecule has 2 aromatic rings. The van der Waals surface area contributed by atoms with Crippen LogP contribution in [-0.2, 0) is 6.42 Å². The second-order valence-electron chi connectivity index (χ2n) is 4.68. The largest absolute Gasteiger partial charge is 0.469 e. The van der Waals surface area contributed by atoms with Crippen molar-refractivity contribution in [1.29, 1.82) is 0 Å². The molecule has 1 heterocycles. The highest BCUT2D eigenvalue weighted by atomic mass is 16.6. The molecule has 7 heteroatoms. The number of nitrogens with one attached hydrogen (secondary N) is 1. The maximum absolute atomic E-state index is 11.2. The van der Waals surface area contributed by atoms with Crippen LogP contribution in [0, 0.1) is 10.1 Å². The van der Waals surface area contributed by atoms with Crippen molar-refractivity contribution in [2.75, 3.05) is 5.32 Å². The molecule has 0 saturated heterocycles. The SMILES string of the molecule is CC(Cc1ccco1)Nc1cc(C(N)=O)ccc1[N+](=O)[O-]. The minimum Gasteiger partial charge on any atom is -0.469 e. The summed E-state index contributed by atoms with van der Waals surface area (Å²) >= 11 is 0. The molecule has 0 aliphatic heterocycles. The monoisotopic (exact) mass is 289 g/mol. The van der Waals surface area contributed by atoms with Gasteiger partial charge in [-0.3, -0.25) is 14.9 Å². The van der Waals surface area contributed by atoms with E-state index in [0.29, 0.717) is 6.42 Å². The lowest BCUT2D eigenvalue weighted by Gasteiger charge is -2.14. The number of carbonyl (C=O) groups excluding carboxylic acids is 1. The molecule has 0 spiro atoms. The van der Waals surface area contributed by atoms with Gasteiger partial charge in [-0.25, -0.2) is 0 Å². The first-order valence-corrected chi connectivity index (χ1v) is 6.34. The van der Waals surface area contributed by atoms with Gasteiger partial charge in [-0.1, -0.05) is 0 Å². The number of hydrogen-bond acceptors (Lipinski definition) is 5. The van der Waals surface area contributed by atoms with Gasteiger partial charge < -0.3 is 15.5 Å². The molecule has 1 aromatic carbocycles. The normalized spacial score (nSPS) is 11.9. The lowest BCUT2D eigenvalue weighted by atomic mass is 10.1. The van der Waals surface area contributed by atoms with Crippen LogP contribution < -0.4 is 11.1 Å². The molecule has 0 saturated carbocycles. The molecule has 0 aliphatic rings. The van der Waals surface area contributed by atoms with E-state index in [1.54, 1.807) is 12.3 Å². The van der Waals surface area contributed by atoms with Crippen molar-refractivity contribution in [2.24, 2.45) is 5.73 Å². The van der Waals surface area contributed by atoms with Crippen molar-refractivity contribution in [3.8, 4) is 0 Å². The Bertz CT molecular complexity index is 652. The van der Waals surface area contributed by atoms with Crippen molar-refractivity contribution in [2.45, 2.75) is 19.4 Å². The van der Waals surface area contributed by atoms with E-state index in [-0.39, 0.29) is 23.0 Å². The average Bonchev–Trinajstić information content (AvgIpc) is 2.90. The van der Waals surface area contributed by atoms with Crippen LogP contribution in [0.5, 0.6) is 0 Å². The van der Waals surface area contributed by atoms with Gasteiger partial charge in [-0.15, -0.1) is 0 Å². The Kier molecular flexibility index (Phi) is 4.22. The number of hydrogen-bond donors (Lipinski definition) is 2. The number of carbonyl (C=O) groups is 1. The van der Waals surface area contributed by atoms with Gasteiger partial charge >= 0.3 is 0 Å². The number of nitrogens with two attached hydrogens (primary N) is 1. The number of nitrogens with zero attached hydrogens (tertiary/aromatic N) is 1. The predicted molar refractivity (Wildman–Crippen MR) is 77.1 cm³/mol. The number of nitro benzene ring substituents is 1. The molecule has 1 amide bonds. The van der Waals surface area contributed by atoms with Crippen LogP contribution in [0.2, 0.25) is 0 Å². The Morgan fingerprint density at radius 2 is 2.24 bits per heavy atom. The summed E-state index contributed by atoms with van der Waals surface area (Å²) in [5.41, 5.74) is 5.57. The number of furan rings is 1. The van der Waals surface area contributed by atoms with Gasteiger partial charge in [-0.2, -0.15) is 0 Å². The van der Waals surface area contributed by atoms with Gasteiger partial charge in [0.25, 0.3) is 5.69 Å². The summed E-state index contributed by atoms with van der Waals surface area (Å²) < 4.78 is 5.23. The Labute approximate surface area is 120 Å². The molecule has 0 aliphatic carbocycles. The van der Waals surface area contributed by atoms with Gasteiger partial charge in [-0.05, 0) is 31.2 Å². The molecule has 1 atom stereocenters. The summed E-state index contributed by atoms with van der Waals surface area (Å²) in [6, 6.07) is 7.48. The molecule has 7 nitrogen and oxygen atoms in total. The molecule has 1 unspecified atom stereocenters. The summed E-state index contributed by atoms with van der Waals surface area (Å²) in [4.78, 5) is 21.7. The topological polar surface area (TPSA) is 111 Å². The molecular weight excluding hydrogens is 274 g/mol. The standard InChI is InChI=1S/C14H15N3O4/c1-9(7-11-3-2-6-21-11)16-12-8-10(14(15)18)4-5-13(12)17(19)20/h2-6,8-9,16H,7H2,1H3,(H2,15,18). The summed E-state index contributed by atoms with van der Waals surface area (Å²) in [6.07, 6.45) is 2.13. The van der Waals surface area contributed by atoms with Crippen molar-refractivity contribution >= 4 is 17.3 Å². The zero-order valence-corrected chi connectivity index (χ0v) is 11.4. The Balaban J connectivity index is 2.21. The van der Waals surface area contributed by atoms with E-state index in [1.807, 2.05) is 13.0 Å². The van der Waals surface area contributed by atoms with E-state index in [4.69, 9.17) is 10.2 Å². The van der Waals surface area contributed by atoms with E-state index in [1.165, 1.54) is 18.2 Å². The molecule has 110 valence electrons. The van der Waals surface area contributed by atoms with Crippen LogP contribution >= 0.6 is 0 Å². The number of nitro groups is 1. The molecule has 0 fully saturated rings. The molecule has 21 heavy (non-hydrogen) atoms. The maximum Gasteiger partial charge on any atom is 0.292 e. The predicted octanol–water partition coefficient (Wildman–Crippen LogP) is 2.33. The first kappa shape index (κ1) is 14.6. The number of primary amides is 1. The van der Waals surface area contributed by atoms with Gasteiger partial charge in [0.05, 0.1) is 11.2 Å². The fraction of sp³-hybridized carbons (Fsp3) is 0.214. The Hall–Kier alpha value is -2.83. The van der Waals surface area contributed by atoms with Gasteiger partial charge in [0, 0.05) is 24.1 Å². The molecule has 0 radical (unpaired) electrons. The van der Waals surface area contributed by atoms with Crippen LogP contribution in [0.15, 0.2) is 41.0 Å². The fourth-order valence-corrected chi connectivity index (χ4v) is 2.01. The fourth-order valence-electron chi connectivity index (χ4n) is 2.01. The van der Waals surface area contributed by atoms with E-state index in [2.05, 4.69) is 5.32 Å². The summed E-state index contributed by atoms with van der Waals surface area (Å²) in [5, 5.41) is 14.0. The van der Waals surface area contributed by atoms with E-state index in [9.17, 15) is 14.9 Å². The number of rotatable bonds is 6. The summed E-state index contributed by atoms with van der Waals surface area (Å²) in [5.74, 6) is 0.135. The second-order valence-corrected chi connectivity index (χ2v) is 4.68. The molecule has 0 bridgehead atoms. The van der Waals surface area contributed by atoms with Crippen LogP contribution in [0.25, 0.3) is 0 Å². The van der Waals surface area contributed by atoms with Crippen LogP contribution in [-0.4, -0.2) is 16.9 Å². The summed E-state index contributed by atoms with van der Waals surface area (Å²) in [6.45, 7) is 1.86. The first-order valence-electron chi connectivity index (χ1n) is 6.34. The van der Waals surface area contributed by atoms with E-state index >= 15 is 0 Å². The van der Waals surface area contributed by atoms with Gasteiger partial charge in [0.1, 0.15) is 11.4 Å². The minimum absolute atomic E-state index is 0.105. The van der Waals surface area contributed by atoms with Crippen LogP contribution in [0.1, 0.15) is 23.0 Å². The average molecular weight is 289 g/mol. The Morgan fingerprint density at radius 1 is 1.48 bits per heavy atom. The molecule has 3 N–H and O–H groups in total. The third-order valence-corrected chi connectivity index (χ3v) is 2.97. The Morgan fingerprint density at radius 3 is 2.81 bits per heavy atom. The maximum atomic E-state index is 11.2. The highest BCUT2D eigenvalue weighted by Crippen LogP contribution is 2.26. The lowest BCUT2D eigenvalue weighted by molar-refractivity contribution is -0.384. The third-order valence-electron chi connectivity index (χ3n) is 2.97. The summed E-state index contributed by atoms with van der Waals surface area (Å²) in [7, 11) is 0. The smallest absolute Gasteiger partial charge is 0.292 e. The van der Waals surface area contributed by atoms with Crippen molar-refractivity contribution in [3.63, 3.8) is 0 Å². The molecular formula is C14H15N3O4. The number of amides is 1. The quantitative estimate of drug-likeness (QED) is 0.626. The zero-order valence-electron chi connectivity index (χ0n) is 11.4. The van der Waals surface area contributed by atoms with E-state index in [0.717, 1.165) is 5.76 Å². The highest BCUT2D eigenvalue weighted by molar-refractivity contribution is 5.94. The van der Waals surface area contributed by atoms with E-state index < -0.39 is 10.8 Å². The zero-order chi connectivity index (χ0) is 15.4. The van der Waals surface area contributed by atoms with Crippen molar-refractivity contribution in [1.82, 2.24) is 0 Å².